The number of carbonyl (C=O) groups excluding carboxylic acids is 1. The fourth-order valence-corrected chi connectivity index (χ4v) is 1.35. The minimum absolute atomic E-state index is 0.102. The highest BCUT2D eigenvalue weighted by molar-refractivity contribution is 5.91. The van der Waals surface area contributed by atoms with E-state index in [2.05, 4.69) is 10.3 Å². The lowest BCUT2D eigenvalue weighted by atomic mass is 10.1. The zero-order chi connectivity index (χ0) is 12.5. The zero-order valence-electron chi connectivity index (χ0n) is 8.75. The van der Waals surface area contributed by atoms with Crippen molar-refractivity contribution in [2.45, 2.75) is 32.5 Å². The molecule has 1 heterocycles. The lowest BCUT2D eigenvalue weighted by Gasteiger charge is -2.11. The quantitative estimate of drug-likeness (QED) is 0.852. The van der Waals surface area contributed by atoms with Crippen molar-refractivity contribution in [1.82, 2.24) is 15.0 Å². The highest BCUT2D eigenvalue weighted by Gasteiger charge is 2.32. The SMILES string of the molecule is CC(C)c1c(C(N)=O)nnn1CC(F)(F)F. The first-order chi connectivity index (χ1) is 7.22. The lowest BCUT2D eigenvalue weighted by molar-refractivity contribution is -0.143. The zero-order valence-corrected chi connectivity index (χ0v) is 8.75. The molecule has 0 aromatic carbocycles. The van der Waals surface area contributed by atoms with Gasteiger partial charge in [-0.3, -0.25) is 4.79 Å². The van der Waals surface area contributed by atoms with Gasteiger partial charge in [-0.1, -0.05) is 19.1 Å². The van der Waals surface area contributed by atoms with E-state index in [0.29, 0.717) is 4.68 Å². The Bertz CT molecular complexity index is 396. The molecule has 1 rings (SSSR count). The molecule has 1 aromatic rings. The molecule has 1 amide bonds. The van der Waals surface area contributed by atoms with E-state index in [1.807, 2.05) is 0 Å². The standard InChI is InChI=1S/C8H11F3N4O/c1-4(2)6-5(7(12)16)13-14-15(6)3-8(9,10)11/h4H,3H2,1-2H3,(H2,12,16). The summed E-state index contributed by atoms with van der Waals surface area (Å²) < 4.78 is 37.2. The van der Waals surface area contributed by atoms with Crippen LogP contribution in [0.1, 0.15) is 35.9 Å². The predicted molar refractivity (Wildman–Crippen MR) is 48.7 cm³/mol. The van der Waals surface area contributed by atoms with Crippen LogP contribution in [0.3, 0.4) is 0 Å². The second-order valence-electron chi connectivity index (χ2n) is 3.62. The highest BCUT2D eigenvalue weighted by atomic mass is 19.4. The third kappa shape index (κ3) is 2.71. The van der Waals surface area contributed by atoms with Gasteiger partial charge in [-0.25, -0.2) is 4.68 Å². The van der Waals surface area contributed by atoms with Crippen LogP contribution in [-0.2, 0) is 6.54 Å². The summed E-state index contributed by atoms with van der Waals surface area (Å²) in [4.78, 5) is 10.9. The summed E-state index contributed by atoms with van der Waals surface area (Å²) in [7, 11) is 0. The largest absolute Gasteiger partial charge is 0.408 e. The Morgan fingerprint density at radius 2 is 2.06 bits per heavy atom. The summed E-state index contributed by atoms with van der Waals surface area (Å²) in [6, 6.07) is 0. The number of nitrogens with zero attached hydrogens (tertiary/aromatic N) is 3. The molecule has 0 saturated carbocycles. The molecule has 0 bridgehead atoms. The molecule has 0 radical (unpaired) electrons. The van der Waals surface area contributed by atoms with Gasteiger partial charge in [0.05, 0.1) is 5.69 Å². The van der Waals surface area contributed by atoms with Crippen LogP contribution in [0.2, 0.25) is 0 Å². The minimum Gasteiger partial charge on any atom is -0.364 e. The number of halogens is 3. The second kappa shape index (κ2) is 4.11. The van der Waals surface area contributed by atoms with E-state index >= 15 is 0 Å². The number of alkyl halides is 3. The first kappa shape index (κ1) is 12.5. The minimum atomic E-state index is -4.41. The number of aromatic nitrogens is 3. The number of carbonyl (C=O) groups is 1. The normalized spacial score (nSPS) is 12.1. The first-order valence-corrected chi connectivity index (χ1v) is 4.52. The van der Waals surface area contributed by atoms with Crippen LogP contribution in [0.25, 0.3) is 0 Å². The van der Waals surface area contributed by atoms with E-state index in [9.17, 15) is 18.0 Å². The Kier molecular flexibility index (Phi) is 3.20. The lowest BCUT2D eigenvalue weighted by Crippen LogP contribution is -2.22. The maximum Gasteiger partial charge on any atom is 0.408 e. The highest BCUT2D eigenvalue weighted by Crippen LogP contribution is 2.22. The molecule has 2 N–H and O–H groups in total. The molecule has 90 valence electrons. The van der Waals surface area contributed by atoms with Gasteiger partial charge in [0.25, 0.3) is 5.91 Å². The molecular weight excluding hydrogens is 225 g/mol. The Hall–Kier alpha value is -1.60. The molecule has 0 aliphatic rings. The van der Waals surface area contributed by atoms with Gasteiger partial charge in [-0.2, -0.15) is 13.2 Å². The summed E-state index contributed by atoms with van der Waals surface area (Å²) >= 11 is 0. The van der Waals surface area contributed by atoms with Gasteiger partial charge < -0.3 is 5.73 Å². The fraction of sp³-hybridized carbons (Fsp3) is 0.625. The summed E-state index contributed by atoms with van der Waals surface area (Å²) in [6.07, 6.45) is -4.41. The Labute approximate surface area is 89.4 Å². The van der Waals surface area contributed by atoms with Crippen LogP contribution >= 0.6 is 0 Å². The smallest absolute Gasteiger partial charge is 0.364 e. The first-order valence-electron chi connectivity index (χ1n) is 4.52. The third-order valence-corrected chi connectivity index (χ3v) is 1.88. The molecule has 16 heavy (non-hydrogen) atoms. The molecule has 0 aliphatic carbocycles. The maximum atomic E-state index is 12.2. The molecule has 0 aliphatic heterocycles. The third-order valence-electron chi connectivity index (χ3n) is 1.88. The Balaban J connectivity index is 3.16. The number of hydrogen-bond donors (Lipinski definition) is 1. The van der Waals surface area contributed by atoms with Crippen molar-refractivity contribution in [1.29, 1.82) is 0 Å². The summed E-state index contributed by atoms with van der Waals surface area (Å²) in [5.41, 5.74) is 4.89. The van der Waals surface area contributed by atoms with E-state index in [-0.39, 0.29) is 17.3 Å². The van der Waals surface area contributed by atoms with Crippen LogP contribution in [0.5, 0.6) is 0 Å². The van der Waals surface area contributed by atoms with Crippen LogP contribution in [-0.4, -0.2) is 27.1 Å². The Morgan fingerprint density at radius 3 is 2.44 bits per heavy atom. The number of hydrogen-bond acceptors (Lipinski definition) is 3. The average molecular weight is 236 g/mol. The van der Waals surface area contributed by atoms with Crippen LogP contribution in [0.15, 0.2) is 0 Å². The molecule has 0 atom stereocenters. The molecule has 8 heteroatoms. The van der Waals surface area contributed by atoms with Crippen molar-refractivity contribution in [2.75, 3.05) is 0 Å². The number of nitrogens with two attached hydrogens (primary N) is 1. The van der Waals surface area contributed by atoms with Crippen molar-refractivity contribution in [2.24, 2.45) is 5.73 Å². The Morgan fingerprint density at radius 1 is 1.50 bits per heavy atom. The van der Waals surface area contributed by atoms with Gasteiger partial charge in [-0.15, -0.1) is 5.10 Å². The molecular formula is C8H11F3N4O. The van der Waals surface area contributed by atoms with Crippen molar-refractivity contribution in [3.05, 3.63) is 11.4 Å². The van der Waals surface area contributed by atoms with Gasteiger partial charge in [0.2, 0.25) is 0 Å². The summed E-state index contributed by atoms with van der Waals surface area (Å²) in [5.74, 6) is -1.20. The molecule has 1 aromatic heterocycles. The van der Waals surface area contributed by atoms with Crippen LogP contribution < -0.4 is 5.73 Å². The molecule has 0 saturated heterocycles. The monoisotopic (exact) mass is 236 g/mol. The van der Waals surface area contributed by atoms with E-state index < -0.39 is 18.6 Å². The van der Waals surface area contributed by atoms with Gasteiger partial charge >= 0.3 is 6.18 Å². The van der Waals surface area contributed by atoms with Gasteiger partial charge in [0.15, 0.2) is 5.69 Å². The van der Waals surface area contributed by atoms with E-state index in [4.69, 9.17) is 5.73 Å². The van der Waals surface area contributed by atoms with Gasteiger partial charge in [-0.05, 0) is 5.92 Å². The number of primary amides is 1. The average Bonchev–Trinajstić information content (AvgIpc) is 2.44. The van der Waals surface area contributed by atoms with Crippen molar-refractivity contribution in [3.63, 3.8) is 0 Å². The van der Waals surface area contributed by atoms with Crippen molar-refractivity contribution in [3.8, 4) is 0 Å². The fourth-order valence-electron chi connectivity index (χ4n) is 1.35. The van der Waals surface area contributed by atoms with E-state index in [0.717, 1.165) is 0 Å². The summed E-state index contributed by atoms with van der Waals surface area (Å²) in [5, 5.41) is 6.65. The van der Waals surface area contributed by atoms with Gasteiger partial charge in [0.1, 0.15) is 6.54 Å². The molecule has 0 unspecified atom stereocenters. The van der Waals surface area contributed by atoms with Crippen LogP contribution in [0.4, 0.5) is 13.2 Å². The molecule has 0 fully saturated rings. The molecule has 5 nitrogen and oxygen atoms in total. The van der Waals surface area contributed by atoms with Crippen molar-refractivity contribution < 1.29 is 18.0 Å². The topological polar surface area (TPSA) is 73.8 Å². The maximum absolute atomic E-state index is 12.2. The number of rotatable bonds is 3. The number of amides is 1. The van der Waals surface area contributed by atoms with E-state index in [1.54, 1.807) is 13.8 Å². The predicted octanol–water partition coefficient (Wildman–Crippen LogP) is 1.06. The van der Waals surface area contributed by atoms with Gasteiger partial charge in [0, 0.05) is 0 Å². The molecule has 0 spiro atoms. The van der Waals surface area contributed by atoms with Crippen LogP contribution in [0, 0.1) is 0 Å². The second-order valence-corrected chi connectivity index (χ2v) is 3.62. The van der Waals surface area contributed by atoms with E-state index in [1.165, 1.54) is 0 Å². The van der Waals surface area contributed by atoms with Crippen molar-refractivity contribution >= 4 is 5.91 Å². The summed E-state index contributed by atoms with van der Waals surface area (Å²) in [6.45, 7) is 2.00.